The third-order valence-corrected chi connectivity index (χ3v) is 2.39. The fourth-order valence-corrected chi connectivity index (χ4v) is 1.47. The molecule has 6 heteroatoms. The van der Waals surface area contributed by atoms with Crippen molar-refractivity contribution in [1.29, 1.82) is 0 Å². The second-order valence-corrected chi connectivity index (χ2v) is 3.93. The topological polar surface area (TPSA) is 61.3 Å². The molecule has 4 nitrogen and oxygen atoms in total. The van der Waals surface area contributed by atoms with Gasteiger partial charge in [-0.25, -0.2) is 0 Å². The van der Waals surface area contributed by atoms with E-state index in [2.05, 4.69) is 5.16 Å². The van der Waals surface area contributed by atoms with Crippen molar-refractivity contribution in [3.8, 4) is 5.75 Å². The number of benzene rings is 1. The molecule has 1 aromatic heterocycles. The average Bonchev–Trinajstić information content (AvgIpc) is 2.66. The highest BCUT2D eigenvalue weighted by Gasteiger charge is 2.05. The van der Waals surface area contributed by atoms with Crippen LogP contribution in [0.3, 0.4) is 0 Å². The number of nitrogen functional groups attached to an aromatic ring is 1. The Hall–Kier alpha value is -1.39. The van der Waals surface area contributed by atoms with Gasteiger partial charge in [-0.05, 0) is 12.1 Å². The molecule has 0 atom stereocenters. The molecule has 1 aromatic carbocycles. The Balaban J connectivity index is 2.07. The van der Waals surface area contributed by atoms with E-state index in [1.165, 1.54) is 0 Å². The molecular weight excluding hydrogens is 251 g/mol. The van der Waals surface area contributed by atoms with Gasteiger partial charge < -0.3 is 15.0 Å². The van der Waals surface area contributed by atoms with E-state index in [4.69, 9.17) is 38.2 Å². The normalized spacial score (nSPS) is 10.4. The van der Waals surface area contributed by atoms with Crippen LogP contribution in [0.5, 0.6) is 5.75 Å². The molecule has 0 spiro atoms. The maximum absolute atomic E-state index is 5.92. The number of ether oxygens (including phenoxy) is 1. The average molecular weight is 259 g/mol. The lowest BCUT2D eigenvalue weighted by Crippen LogP contribution is -1.96. The van der Waals surface area contributed by atoms with Gasteiger partial charge in [0, 0.05) is 17.2 Å². The second-order valence-electron chi connectivity index (χ2n) is 3.08. The zero-order valence-corrected chi connectivity index (χ0v) is 9.63. The molecule has 0 bridgehead atoms. The summed E-state index contributed by atoms with van der Waals surface area (Å²) in [6.45, 7) is 0.223. The number of hydrogen-bond acceptors (Lipinski definition) is 4. The van der Waals surface area contributed by atoms with Crippen molar-refractivity contribution in [1.82, 2.24) is 5.16 Å². The maximum atomic E-state index is 5.92. The largest absolute Gasteiger partial charge is 0.486 e. The summed E-state index contributed by atoms with van der Waals surface area (Å²) in [6, 6.07) is 6.56. The van der Waals surface area contributed by atoms with Crippen LogP contribution >= 0.6 is 23.2 Å². The van der Waals surface area contributed by atoms with E-state index in [0.717, 1.165) is 0 Å². The molecule has 2 N–H and O–H groups in total. The third-order valence-electron chi connectivity index (χ3n) is 1.85. The summed E-state index contributed by atoms with van der Waals surface area (Å²) in [6.07, 6.45) is 0. The van der Waals surface area contributed by atoms with Crippen LogP contribution in [-0.2, 0) is 6.61 Å². The Morgan fingerprint density at radius 2 is 2.12 bits per heavy atom. The van der Waals surface area contributed by atoms with Crippen LogP contribution in [0.25, 0.3) is 0 Å². The lowest BCUT2D eigenvalue weighted by molar-refractivity contribution is 0.290. The van der Waals surface area contributed by atoms with Crippen LogP contribution in [0, 0.1) is 0 Å². The molecule has 0 aliphatic heterocycles. The number of rotatable bonds is 3. The number of anilines is 1. The Morgan fingerprint density at radius 1 is 1.31 bits per heavy atom. The minimum Gasteiger partial charge on any atom is -0.486 e. The molecule has 2 rings (SSSR count). The molecule has 0 aliphatic carbocycles. The van der Waals surface area contributed by atoms with Gasteiger partial charge in [-0.2, -0.15) is 0 Å². The highest BCUT2D eigenvalue weighted by molar-refractivity contribution is 6.34. The molecule has 0 fully saturated rings. The minimum atomic E-state index is 0.223. The van der Waals surface area contributed by atoms with Gasteiger partial charge >= 0.3 is 0 Å². The van der Waals surface area contributed by atoms with Crippen molar-refractivity contribution >= 4 is 29.1 Å². The van der Waals surface area contributed by atoms with E-state index in [0.29, 0.717) is 21.5 Å². The van der Waals surface area contributed by atoms with Gasteiger partial charge in [-0.3, -0.25) is 0 Å². The van der Waals surface area contributed by atoms with E-state index in [1.807, 2.05) is 0 Å². The monoisotopic (exact) mass is 258 g/mol. The molecule has 1 heterocycles. The first-order chi connectivity index (χ1) is 7.65. The Labute approximate surface area is 102 Å². The predicted molar refractivity (Wildman–Crippen MR) is 61.7 cm³/mol. The number of hydrogen-bond donors (Lipinski definition) is 1. The molecule has 16 heavy (non-hydrogen) atoms. The quantitative estimate of drug-likeness (QED) is 0.919. The molecule has 0 saturated carbocycles. The van der Waals surface area contributed by atoms with Gasteiger partial charge in [0.1, 0.15) is 18.1 Å². The van der Waals surface area contributed by atoms with Gasteiger partial charge in [0.15, 0.2) is 0 Å². The summed E-state index contributed by atoms with van der Waals surface area (Å²) in [5.74, 6) is 0.742. The summed E-state index contributed by atoms with van der Waals surface area (Å²) in [7, 11) is 0. The summed E-state index contributed by atoms with van der Waals surface area (Å²) in [4.78, 5) is 0. The lowest BCUT2D eigenvalue weighted by Gasteiger charge is -2.05. The first kappa shape index (κ1) is 11.1. The van der Waals surface area contributed by atoms with Crippen molar-refractivity contribution in [2.75, 3.05) is 5.73 Å². The predicted octanol–water partition coefficient (Wildman–Crippen LogP) is 3.14. The van der Waals surface area contributed by atoms with Crippen molar-refractivity contribution in [2.24, 2.45) is 0 Å². The molecule has 0 aliphatic rings. The van der Waals surface area contributed by atoms with Crippen LogP contribution in [-0.4, -0.2) is 5.16 Å². The number of nitrogens with zero attached hydrogens (tertiary/aromatic N) is 1. The van der Waals surface area contributed by atoms with Gasteiger partial charge in [-0.15, -0.1) is 0 Å². The molecular formula is C10H8Cl2N2O2. The summed E-state index contributed by atoms with van der Waals surface area (Å²) < 4.78 is 10.1. The smallest absolute Gasteiger partial charge is 0.222 e. The molecule has 0 saturated heterocycles. The lowest BCUT2D eigenvalue weighted by atomic mass is 10.3. The van der Waals surface area contributed by atoms with Gasteiger partial charge in [-0.1, -0.05) is 28.4 Å². The fourth-order valence-electron chi connectivity index (χ4n) is 1.14. The van der Waals surface area contributed by atoms with Crippen LogP contribution in [0.4, 0.5) is 5.88 Å². The first-order valence-corrected chi connectivity index (χ1v) is 5.19. The Bertz CT molecular complexity index is 499. The standard InChI is InChI=1S/C10H8Cl2N2O2/c11-6-1-2-8(12)9(3-6)15-5-7-4-10(13)16-14-7/h1-4H,5,13H2. The minimum absolute atomic E-state index is 0.223. The van der Waals surface area contributed by atoms with Crippen molar-refractivity contribution in [3.05, 3.63) is 40.0 Å². The number of nitrogens with two attached hydrogens (primary N) is 1. The van der Waals surface area contributed by atoms with E-state index < -0.39 is 0 Å². The van der Waals surface area contributed by atoms with E-state index in [9.17, 15) is 0 Å². The Kier molecular flexibility index (Phi) is 3.22. The highest BCUT2D eigenvalue weighted by Crippen LogP contribution is 2.28. The molecule has 84 valence electrons. The second kappa shape index (κ2) is 4.63. The third kappa shape index (κ3) is 2.59. The van der Waals surface area contributed by atoms with Crippen LogP contribution in [0.1, 0.15) is 5.69 Å². The highest BCUT2D eigenvalue weighted by atomic mass is 35.5. The molecule has 2 aromatic rings. The summed E-state index contributed by atoms with van der Waals surface area (Å²) in [5, 5.41) is 4.72. The van der Waals surface area contributed by atoms with Crippen LogP contribution < -0.4 is 10.5 Å². The van der Waals surface area contributed by atoms with Crippen molar-refractivity contribution in [3.63, 3.8) is 0 Å². The first-order valence-electron chi connectivity index (χ1n) is 4.44. The zero-order valence-electron chi connectivity index (χ0n) is 8.11. The summed E-state index contributed by atoms with van der Waals surface area (Å²) in [5.41, 5.74) is 5.96. The zero-order chi connectivity index (χ0) is 11.5. The van der Waals surface area contributed by atoms with Crippen LogP contribution in [0.2, 0.25) is 10.0 Å². The SMILES string of the molecule is Nc1cc(COc2cc(Cl)ccc2Cl)no1. The Morgan fingerprint density at radius 3 is 2.81 bits per heavy atom. The summed E-state index contributed by atoms with van der Waals surface area (Å²) >= 11 is 11.7. The van der Waals surface area contributed by atoms with E-state index in [-0.39, 0.29) is 12.5 Å². The maximum Gasteiger partial charge on any atom is 0.222 e. The number of aromatic nitrogens is 1. The van der Waals surface area contributed by atoms with E-state index in [1.54, 1.807) is 24.3 Å². The number of halogens is 2. The van der Waals surface area contributed by atoms with Gasteiger partial charge in [0.2, 0.25) is 5.88 Å². The van der Waals surface area contributed by atoms with E-state index >= 15 is 0 Å². The van der Waals surface area contributed by atoms with Crippen molar-refractivity contribution in [2.45, 2.75) is 6.61 Å². The van der Waals surface area contributed by atoms with Gasteiger partial charge in [0.25, 0.3) is 0 Å². The molecule has 0 amide bonds. The molecule has 0 radical (unpaired) electrons. The van der Waals surface area contributed by atoms with Crippen molar-refractivity contribution < 1.29 is 9.26 Å². The molecule has 0 unspecified atom stereocenters. The van der Waals surface area contributed by atoms with Gasteiger partial charge in [0.05, 0.1) is 5.02 Å². The fraction of sp³-hybridized carbons (Fsp3) is 0.100. The van der Waals surface area contributed by atoms with Crippen LogP contribution in [0.15, 0.2) is 28.8 Å².